The molecule has 1 unspecified atom stereocenters. The predicted octanol–water partition coefficient (Wildman–Crippen LogP) is 7.25. The Balaban J connectivity index is 1.89. The number of nitrogens with one attached hydrogen (secondary N) is 1. The van der Waals surface area contributed by atoms with Gasteiger partial charge in [-0.3, -0.25) is 10.2 Å². The van der Waals surface area contributed by atoms with Crippen LogP contribution in [-0.2, 0) is 11.2 Å². The zero-order valence-corrected chi connectivity index (χ0v) is 19.4. The van der Waals surface area contributed by atoms with E-state index in [2.05, 4.69) is 12.3 Å². The third-order valence-electron chi connectivity index (χ3n) is 6.39. The summed E-state index contributed by atoms with van der Waals surface area (Å²) < 4.78 is 43.0. The SMILES string of the molecule is CCCCCCCCCc1cc(C(N2NC(=O)CC2(C)C)C(F)(F)F)cc2ccccc12. The Morgan fingerprint density at radius 1 is 1.03 bits per heavy atom. The van der Waals surface area contributed by atoms with Crippen molar-refractivity contribution in [2.24, 2.45) is 0 Å². The Morgan fingerprint density at radius 3 is 2.31 bits per heavy atom. The summed E-state index contributed by atoms with van der Waals surface area (Å²) in [6.45, 7) is 5.54. The fraction of sp³-hybridized carbons (Fsp3) is 0.577. The van der Waals surface area contributed by atoms with Crippen molar-refractivity contribution in [2.45, 2.75) is 96.3 Å². The van der Waals surface area contributed by atoms with Crippen LogP contribution in [0.3, 0.4) is 0 Å². The van der Waals surface area contributed by atoms with Gasteiger partial charge in [0.05, 0.1) is 0 Å². The maximum atomic E-state index is 14.3. The molecule has 1 aliphatic rings. The van der Waals surface area contributed by atoms with Gasteiger partial charge in [-0.15, -0.1) is 0 Å². The lowest BCUT2D eigenvalue weighted by Gasteiger charge is -2.38. The molecule has 3 nitrogen and oxygen atoms in total. The number of nitrogens with zero attached hydrogens (tertiary/aromatic N) is 1. The van der Waals surface area contributed by atoms with Crippen LogP contribution in [-0.4, -0.2) is 22.6 Å². The molecule has 0 aromatic heterocycles. The fourth-order valence-corrected chi connectivity index (χ4v) is 4.75. The van der Waals surface area contributed by atoms with Gasteiger partial charge in [-0.2, -0.15) is 18.2 Å². The zero-order valence-electron chi connectivity index (χ0n) is 19.4. The molecule has 6 heteroatoms. The summed E-state index contributed by atoms with van der Waals surface area (Å²) >= 11 is 0. The lowest BCUT2D eigenvalue weighted by atomic mass is 9.91. The molecule has 2 aromatic rings. The summed E-state index contributed by atoms with van der Waals surface area (Å²) in [7, 11) is 0. The number of rotatable bonds is 10. The number of unbranched alkanes of at least 4 members (excludes halogenated alkanes) is 6. The maximum absolute atomic E-state index is 14.3. The summed E-state index contributed by atoms with van der Waals surface area (Å²) in [5.41, 5.74) is 2.67. The molecule has 176 valence electrons. The van der Waals surface area contributed by atoms with E-state index in [1.807, 2.05) is 24.3 Å². The second-order valence-corrected chi connectivity index (χ2v) is 9.61. The van der Waals surface area contributed by atoms with Crippen LogP contribution in [0.1, 0.15) is 89.3 Å². The first-order chi connectivity index (χ1) is 15.1. The Hall–Kier alpha value is -2.08. The lowest BCUT2D eigenvalue weighted by molar-refractivity contribution is -0.203. The molecule has 3 rings (SSSR count). The van der Waals surface area contributed by atoms with E-state index in [0.29, 0.717) is 0 Å². The van der Waals surface area contributed by atoms with Gasteiger partial charge in [-0.25, -0.2) is 0 Å². The van der Waals surface area contributed by atoms with Gasteiger partial charge < -0.3 is 0 Å². The number of amides is 1. The second kappa shape index (κ2) is 10.2. The van der Waals surface area contributed by atoms with Crippen LogP contribution in [0.2, 0.25) is 0 Å². The highest BCUT2D eigenvalue weighted by Crippen LogP contribution is 2.44. The van der Waals surface area contributed by atoms with Crippen molar-refractivity contribution >= 4 is 16.7 Å². The third-order valence-corrected chi connectivity index (χ3v) is 6.39. The normalized spacial score (nSPS) is 17.6. The van der Waals surface area contributed by atoms with E-state index in [0.717, 1.165) is 47.0 Å². The summed E-state index contributed by atoms with van der Waals surface area (Å²) in [5.74, 6) is -0.381. The molecular weight excluding hydrogens is 413 g/mol. The van der Waals surface area contributed by atoms with Crippen molar-refractivity contribution < 1.29 is 18.0 Å². The molecule has 1 heterocycles. The number of aryl methyl sites for hydroxylation is 1. The number of hydrogen-bond acceptors (Lipinski definition) is 2. The lowest BCUT2D eigenvalue weighted by Crippen LogP contribution is -2.51. The van der Waals surface area contributed by atoms with Crippen molar-refractivity contribution in [3.8, 4) is 0 Å². The van der Waals surface area contributed by atoms with E-state index in [9.17, 15) is 18.0 Å². The van der Waals surface area contributed by atoms with E-state index in [1.165, 1.54) is 25.7 Å². The summed E-state index contributed by atoms with van der Waals surface area (Å²) in [6.07, 6.45) is 4.42. The van der Waals surface area contributed by atoms with Crippen LogP contribution in [0.25, 0.3) is 10.8 Å². The number of hydrazine groups is 1. The molecule has 0 aliphatic carbocycles. The van der Waals surface area contributed by atoms with E-state index in [4.69, 9.17) is 0 Å². The van der Waals surface area contributed by atoms with Gasteiger partial charge in [0.2, 0.25) is 5.91 Å². The molecule has 1 saturated heterocycles. The number of hydrogen-bond donors (Lipinski definition) is 1. The van der Waals surface area contributed by atoms with Gasteiger partial charge in [0, 0.05) is 12.0 Å². The number of carbonyl (C=O) groups is 1. The fourth-order valence-electron chi connectivity index (χ4n) is 4.75. The van der Waals surface area contributed by atoms with Gasteiger partial charge in [0.25, 0.3) is 0 Å². The summed E-state index contributed by atoms with van der Waals surface area (Å²) in [5, 5.41) is 2.91. The van der Waals surface area contributed by atoms with Crippen LogP contribution in [0.5, 0.6) is 0 Å². The summed E-state index contributed by atoms with van der Waals surface area (Å²) in [6, 6.07) is 9.09. The monoisotopic (exact) mass is 448 g/mol. The molecule has 1 amide bonds. The van der Waals surface area contributed by atoms with Crippen LogP contribution in [0.4, 0.5) is 13.2 Å². The van der Waals surface area contributed by atoms with E-state index < -0.39 is 17.8 Å². The Morgan fingerprint density at radius 2 is 1.69 bits per heavy atom. The average molecular weight is 449 g/mol. The first-order valence-electron chi connectivity index (χ1n) is 11.8. The quantitative estimate of drug-likeness (QED) is 0.388. The van der Waals surface area contributed by atoms with Crippen molar-refractivity contribution in [2.75, 3.05) is 0 Å². The maximum Gasteiger partial charge on any atom is 0.409 e. The first kappa shape index (κ1) is 24.6. The minimum absolute atomic E-state index is 0.0397. The molecule has 2 aromatic carbocycles. The number of carbonyl (C=O) groups excluding carboxylic acids is 1. The molecule has 0 spiro atoms. The minimum atomic E-state index is -4.52. The molecule has 32 heavy (non-hydrogen) atoms. The number of fused-ring (bicyclic) bond motifs is 1. The molecule has 0 radical (unpaired) electrons. The standard InChI is InChI=1S/C26H35F3N2O/c1-4-5-6-7-8-9-10-13-19-16-21(17-20-14-11-12-15-22(19)20)24(26(27,28)29)31-25(2,3)18-23(32)30-31/h11-12,14-17,24H,4-10,13,18H2,1-3H3,(H,30,32). The van der Waals surface area contributed by atoms with Gasteiger partial charge >= 0.3 is 6.18 Å². The van der Waals surface area contributed by atoms with Crippen LogP contribution < -0.4 is 5.43 Å². The van der Waals surface area contributed by atoms with Gasteiger partial charge in [-0.05, 0) is 54.7 Å². The Bertz CT molecular complexity index is 923. The molecule has 1 fully saturated rings. The third kappa shape index (κ3) is 5.83. The first-order valence-corrected chi connectivity index (χ1v) is 11.8. The number of alkyl halides is 3. The minimum Gasteiger partial charge on any atom is -0.287 e. The highest BCUT2D eigenvalue weighted by molar-refractivity contribution is 5.86. The second-order valence-electron chi connectivity index (χ2n) is 9.61. The van der Waals surface area contributed by atoms with E-state index in [1.54, 1.807) is 26.0 Å². The smallest absolute Gasteiger partial charge is 0.287 e. The van der Waals surface area contributed by atoms with Crippen LogP contribution >= 0.6 is 0 Å². The molecule has 0 bridgehead atoms. The molecular formula is C26H35F3N2O. The van der Waals surface area contributed by atoms with Gasteiger partial charge in [0.1, 0.15) is 0 Å². The molecule has 1 N–H and O–H groups in total. The number of halogens is 3. The topological polar surface area (TPSA) is 32.3 Å². The largest absolute Gasteiger partial charge is 0.409 e. The van der Waals surface area contributed by atoms with E-state index >= 15 is 0 Å². The van der Waals surface area contributed by atoms with Crippen LogP contribution in [0.15, 0.2) is 36.4 Å². The zero-order chi connectivity index (χ0) is 23.4. The molecule has 0 saturated carbocycles. The predicted molar refractivity (Wildman–Crippen MR) is 123 cm³/mol. The molecule has 1 aliphatic heterocycles. The van der Waals surface area contributed by atoms with Crippen molar-refractivity contribution in [1.82, 2.24) is 10.4 Å². The van der Waals surface area contributed by atoms with Crippen molar-refractivity contribution in [3.05, 3.63) is 47.5 Å². The Labute approximate surface area is 189 Å². The van der Waals surface area contributed by atoms with Gasteiger partial charge in [-0.1, -0.05) is 75.8 Å². The summed E-state index contributed by atoms with van der Waals surface area (Å²) in [4.78, 5) is 12.0. The average Bonchev–Trinajstić information content (AvgIpc) is 2.97. The van der Waals surface area contributed by atoms with E-state index in [-0.39, 0.29) is 17.9 Å². The van der Waals surface area contributed by atoms with Crippen LogP contribution in [0, 0.1) is 0 Å². The van der Waals surface area contributed by atoms with Crippen molar-refractivity contribution in [1.29, 1.82) is 0 Å². The van der Waals surface area contributed by atoms with Crippen molar-refractivity contribution in [3.63, 3.8) is 0 Å². The highest BCUT2D eigenvalue weighted by atomic mass is 19.4. The highest BCUT2D eigenvalue weighted by Gasteiger charge is 2.53. The van der Waals surface area contributed by atoms with Gasteiger partial charge in [0.15, 0.2) is 6.04 Å². The number of benzene rings is 2. The molecule has 1 atom stereocenters. The Kier molecular flexibility index (Phi) is 7.86.